The molecule has 0 fully saturated rings. The molecule has 0 unspecified atom stereocenters. The Kier molecular flexibility index (Phi) is 2.82. The van der Waals surface area contributed by atoms with Gasteiger partial charge in [0.15, 0.2) is 0 Å². The number of hydrogen-bond acceptors (Lipinski definition) is 3. The maximum absolute atomic E-state index is 4.76. The first-order chi connectivity index (χ1) is 10.7. The Balaban J connectivity index is 1.84. The molecule has 4 rings (SSSR count). The topological polar surface area (TPSA) is 42.7 Å². The van der Waals surface area contributed by atoms with E-state index in [-0.39, 0.29) is 0 Å². The molecule has 108 valence electrons. The third kappa shape index (κ3) is 2.00. The quantitative estimate of drug-likeness (QED) is 0.602. The first-order valence-corrected chi connectivity index (χ1v) is 7.25. The van der Waals surface area contributed by atoms with E-state index in [1.165, 1.54) is 5.56 Å². The fourth-order valence-corrected chi connectivity index (χ4v) is 2.86. The molecule has 0 saturated heterocycles. The van der Waals surface area contributed by atoms with Gasteiger partial charge < -0.3 is 9.88 Å². The van der Waals surface area contributed by atoms with Crippen LogP contribution >= 0.6 is 0 Å². The van der Waals surface area contributed by atoms with Crippen molar-refractivity contribution in [3.05, 3.63) is 60.4 Å². The lowest BCUT2D eigenvalue weighted by Gasteiger charge is -2.07. The molecule has 0 amide bonds. The molecule has 0 spiro atoms. The van der Waals surface area contributed by atoms with Gasteiger partial charge in [0.05, 0.1) is 5.52 Å². The van der Waals surface area contributed by atoms with Gasteiger partial charge in [0.25, 0.3) is 0 Å². The highest BCUT2D eigenvalue weighted by Gasteiger charge is 2.09. The lowest BCUT2D eigenvalue weighted by Crippen LogP contribution is -1.96. The number of pyridine rings is 2. The van der Waals surface area contributed by atoms with Gasteiger partial charge in [-0.05, 0) is 42.8 Å². The number of benzene rings is 1. The van der Waals surface area contributed by atoms with Crippen LogP contribution in [0.3, 0.4) is 0 Å². The van der Waals surface area contributed by atoms with E-state index in [9.17, 15) is 0 Å². The SMILES string of the molecule is Cc1cccc(Nc2ccc3c4cnccc4n(C)c3n2)c1. The van der Waals surface area contributed by atoms with E-state index in [2.05, 4.69) is 40.0 Å². The minimum absolute atomic E-state index is 0.844. The van der Waals surface area contributed by atoms with Crippen molar-refractivity contribution in [2.45, 2.75) is 6.92 Å². The summed E-state index contributed by atoms with van der Waals surface area (Å²) in [5.41, 5.74) is 4.37. The zero-order chi connectivity index (χ0) is 15.1. The monoisotopic (exact) mass is 288 g/mol. The standard InChI is InChI=1S/C18H16N4/c1-12-4-3-5-13(10-12)20-17-7-6-14-15-11-19-9-8-16(15)22(2)18(14)21-17/h3-11H,1-2H3,(H,20,21). The van der Waals surface area contributed by atoms with Crippen LogP contribution in [0.1, 0.15) is 5.56 Å². The summed E-state index contributed by atoms with van der Waals surface area (Å²) in [6, 6.07) is 14.4. The van der Waals surface area contributed by atoms with E-state index < -0.39 is 0 Å². The number of nitrogens with zero attached hydrogens (tertiary/aromatic N) is 3. The maximum atomic E-state index is 4.76. The summed E-state index contributed by atoms with van der Waals surface area (Å²) in [5, 5.41) is 5.63. The Bertz CT molecular complexity index is 985. The van der Waals surface area contributed by atoms with Crippen molar-refractivity contribution in [1.29, 1.82) is 0 Å². The fraction of sp³-hybridized carbons (Fsp3) is 0.111. The third-order valence-electron chi connectivity index (χ3n) is 3.93. The minimum atomic E-state index is 0.844. The van der Waals surface area contributed by atoms with Gasteiger partial charge in [0.1, 0.15) is 11.5 Å². The van der Waals surface area contributed by atoms with Crippen molar-refractivity contribution in [3.63, 3.8) is 0 Å². The number of anilines is 2. The summed E-state index contributed by atoms with van der Waals surface area (Å²) < 4.78 is 2.10. The predicted octanol–water partition coefficient (Wildman–Crippen LogP) is 4.17. The van der Waals surface area contributed by atoms with E-state index in [4.69, 9.17) is 4.98 Å². The van der Waals surface area contributed by atoms with Crippen molar-refractivity contribution < 1.29 is 0 Å². The number of aromatic nitrogens is 3. The second-order valence-corrected chi connectivity index (χ2v) is 5.51. The molecule has 4 heteroatoms. The minimum Gasteiger partial charge on any atom is -0.340 e. The van der Waals surface area contributed by atoms with E-state index in [0.29, 0.717) is 0 Å². The first-order valence-electron chi connectivity index (χ1n) is 7.25. The summed E-state index contributed by atoms with van der Waals surface area (Å²) in [7, 11) is 2.04. The smallest absolute Gasteiger partial charge is 0.143 e. The molecule has 4 nitrogen and oxygen atoms in total. The predicted molar refractivity (Wildman–Crippen MR) is 90.5 cm³/mol. The fourth-order valence-electron chi connectivity index (χ4n) is 2.86. The van der Waals surface area contributed by atoms with Crippen LogP contribution in [0.4, 0.5) is 11.5 Å². The van der Waals surface area contributed by atoms with Crippen molar-refractivity contribution in [2.24, 2.45) is 7.05 Å². The summed E-state index contributed by atoms with van der Waals surface area (Å²) in [4.78, 5) is 8.98. The maximum Gasteiger partial charge on any atom is 0.143 e. The van der Waals surface area contributed by atoms with Crippen LogP contribution in [0.2, 0.25) is 0 Å². The Morgan fingerprint density at radius 2 is 1.95 bits per heavy atom. The van der Waals surface area contributed by atoms with Gasteiger partial charge in [-0.3, -0.25) is 4.98 Å². The Hall–Kier alpha value is -2.88. The lowest BCUT2D eigenvalue weighted by molar-refractivity contribution is 0.989. The van der Waals surface area contributed by atoms with Gasteiger partial charge in [-0.15, -0.1) is 0 Å². The summed E-state index contributed by atoms with van der Waals surface area (Å²) >= 11 is 0. The Morgan fingerprint density at radius 1 is 1.05 bits per heavy atom. The number of nitrogens with one attached hydrogen (secondary N) is 1. The van der Waals surface area contributed by atoms with Gasteiger partial charge in [-0.25, -0.2) is 4.98 Å². The van der Waals surface area contributed by atoms with Gasteiger partial charge >= 0.3 is 0 Å². The largest absolute Gasteiger partial charge is 0.340 e. The van der Waals surface area contributed by atoms with Gasteiger partial charge in [0.2, 0.25) is 0 Å². The molecule has 0 atom stereocenters. The summed E-state index contributed by atoms with van der Waals surface area (Å²) in [6.45, 7) is 2.08. The third-order valence-corrected chi connectivity index (χ3v) is 3.93. The highest BCUT2D eigenvalue weighted by atomic mass is 15.1. The zero-order valence-electron chi connectivity index (χ0n) is 12.5. The molecular formula is C18H16N4. The molecule has 0 saturated carbocycles. The molecule has 0 aliphatic carbocycles. The average molecular weight is 288 g/mol. The molecule has 1 N–H and O–H groups in total. The summed E-state index contributed by atoms with van der Waals surface area (Å²) in [5.74, 6) is 0.844. The van der Waals surface area contributed by atoms with E-state index >= 15 is 0 Å². The van der Waals surface area contributed by atoms with Crippen LogP contribution in [0, 0.1) is 6.92 Å². The summed E-state index contributed by atoms with van der Waals surface area (Å²) in [6.07, 6.45) is 3.71. The lowest BCUT2D eigenvalue weighted by atomic mass is 10.2. The second kappa shape index (κ2) is 4.84. The molecule has 3 aromatic heterocycles. The van der Waals surface area contributed by atoms with Crippen LogP contribution < -0.4 is 5.32 Å². The average Bonchev–Trinajstić information content (AvgIpc) is 2.81. The molecule has 22 heavy (non-hydrogen) atoms. The molecule has 3 heterocycles. The van der Waals surface area contributed by atoms with E-state index in [0.717, 1.165) is 33.4 Å². The van der Waals surface area contributed by atoms with Gasteiger partial charge in [-0.2, -0.15) is 0 Å². The van der Waals surface area contributed by atoms with Crippen LogP contribution in [-0.2, 0) is 7.05 Å². The first kappa shape index (κ1) is 12.8. The Labute approximate surface area is 128 Å². The molecule has 0 aliphatic heterocycles. The van der Waals surface area contributed by atoms with E-state index in [1.54, 1.807) is 0 Å². The van der Waals surface area contributed by atoms with Crippen LogP contribution in [0.25, 0.3) is 21.9 Å². The number of rotatable bonds is 2. The van der Waals surface area contributed by atoms with Crippen LogP contribution in [-0.4, -0.2) is 14.5 Å². The highest BCUT2D eigenvalue weighted by Crippen LogP contribution is 2.27. The van der Waals surface area contributed by atoms with Crippen LogP contribution in [0.15, 0.2) is 54.9 Å². The molecule has 1 aromatic carbocycles. The number of aryl methyl sites for hydroxylation is 2. The number of fused-ring (bicyclic) bond motifs is 3. The number of hydrogen-bond donors (Lipinski definition) is 1. The van der Waals surface area contributed by atoms with Crippen molar-refractivity contribution in [2.75, 3.05) is 5.32 Å². The molecular weight excluding hydrogens is 272 g/mol. The Morgan fingerprint density at radius 3 is 2.82 bits per heavy atom. The van der Waals surface area contributed by atoms with Crippen molar-refractivity contribution in [1.82, 2.24) is 14.5 Å². The van der Waals surface area contributed by atoms with Crippen molar-refractivity contribution in [3.8, 4) is 0 Å². The molecule has 4 aromatic rings. The zero-order valence-corrected chi connectivity index (χ0v) is 12.5. The molecule has 0 radical (unpaired) electrons. The van der Waals surface area contributed by atoms with Crippen molar-refractivity contribution >= 4 is 33.4 Å². The van der Waals surface area contributed by atoms with Gasteiger partial charge in [-0.1, -0.05) is 12.1 Å². The molecule has 0 aliphatic rings. The highest BCUT2D eigenvalue weighted by molar-refractivity contribution is 6.06. The van der Waals surface area contributed by atoms with Gasteiger partial charge in [0, 0.05) is 35.9 Å². The van der Waals surface area contributed by atoms with Crippen LogP contribution in [0.5, 0.6) is 0 Å². The normalized spacial score (nSPS) is 11.2. The van der Waals surface area contributed by atoms with E-state index in [1.807, 2.05) is 43.7 Å². The second-order valence-electron chi connectivity index (χ2n) is 5.51. The molecule has 0 bridgehead atoms.